The highest BCUT2D eigenvalue weighted by atomic mass is 15.3. The number of aryl methyl sites for hydroxylation is 1. The molecule has 0 aliphatic heterocycles. The molecule has 1 fully saturated rings. The molecule has 0 radical (unpaired) electrons. The smallest absolute Gasteiger partial charge is 0.0520 e. The monoisotopic (exact) mass is 152 g/mol. The van der Waals surface area contributed by atoms with Gasteiger partial charge in [0.05, 0.1) is 12.2 Å². The highest BCUT2D eigenvalue weighted by molar-refractivity contribution is 5.01. The first-order chi connectivity index (χ1) is 5.36. The van der Waals surface area contributed by atoms with Gasteiger partial charge in [-0.3, -0.25) is 4.68 Å². The van der Waals surface area contributed by atoms with Crippen LogP contribution in [0.3, 0.4) is 0 Å². The fraction of sp³-hybridized carbons (Fsp3) is 0.667. The summed E-state index contributed by atoms with van der Waals surface area (Å²) in [7, 11) is 0. The molecule has 11 heavy (non-hydrogen) atoms. The van der Waals surface area contributed by atoms with E-state index in [1.54, 1.807) is 0 Å². The fourth-order valence-corrected chi connectivity index (χ4v) is 0.972. The Morgan fingerprint density at radius 3 is 2.45 bits per heavy atom. The molecule has 2 heteroatoms. The summed E-state index contributed by atoms with van der Waals surface area (Å²) in [4.78, 5) is 0. The Kier molecular flexibility index (Phi) is 2.69. The van der Waals surface area contributed by atoms with Gasteiger partial charge in [-0.05, 0) is 25.3 Å². The minimum Gasteiger partial charge on any atom is -0.269 e. The van der Waals surface area contributed by atoms with Gasteiger partial charge in [0, 0.05) is 6.20 Å². The average Bonchev–Trinajstić information content (AvgIpc) is 2.80. The van der Waals surface area contributed by atoms with Gasteiger partial charge in [0.25, 0.3) is 0 Å². The Labute approximate surface area is 68.2 Å². The van der Waals surface area contributed by atoms with Crippen LogP contribution in [0.2, 0.25) is 0 Å². The SMILES string of the molecule is CC.Cc1cnn(C2CC2)c1. The number of nitrogens with zero attached hydrogens (tertiary/aromatic N) is 2. The van der Waals surface area contributed by atoms with E-state index in [1.165, 1.54) is 18.4 Å². The van der Waals surface area contributed by atoms with Crippen LogP contribution in [-0.4, -0.2) is 9.78 Å². The van der Waals surface area contributed by atoms with Crippen molar-refractivity contribution in [3.63, 3.8) is 0 Å². The highest BCUT2D eigenvalue weighted by Gasteiger charge is 2.23. The number of aromatic nitrogens is 2. The lowest BCUT2D eigenvalue weighted by Gasteiger charge is -1.91. The molecule has 0 saturated heterocycles. The molecular formula is C9H16N2. The lowest BCUT2D eigenvalue weighted by molar-refractivity contribution is 0.641. The van der Waals surface area contributed by atoms with Gasteiger partial charge in [-0.2, -0.15) is 5.10 Å². The molecule has 0 atom stereocenters. The van der Waals surface area contributed by atoms with Crippen LogP contribution >= 0.6 is 0 Å². The molecule has 1 heterocycles. The standard InChI is InChI=1S/C7H10N2.C2H6/c1-6-4-8-9(5-6)7-2-3-7;1-2/h4-5,7H,2-3H2,1H3;1-2H3. The maximum Gasteiger partial charge on any atom is 0.0520 e. The molecule has 0 bridgehead atoms. The Morgan fingerprint density at radius 1 is 1.45 bits per heavy atom. The lowest BCUT2D eigenvalue weighted by atomic mass is 10.4. The second kappa shape index (κ2) is 3.56. The van der Waals surface area contributed by atoms with Crippen molar-refractivity contribution in [3.8, 4) is 0 Å². The number of hydrogen-bond acceptors (Lipinski definition) is 1. The zero-order chi connectivity index (χ0) is 8.27. The predicted molar refractivity (Wildman–Crippen MR) is 46.6 cm³/mol. The van der Waals surface area contributed by atoms with Crippen LogP contribution in [0.4, 0.5) is 0 Å². The zero-order valence-electron chi connectivity index (χ0n) is 7.54. The van der Waals surface area contributed by atoms with Gasteiger partial charge >= 0.3 is 0 Å². The third-order valence-corrected chi connectivity index (χ3v) is 1.65. The van der Waals surface area contributed by atoms with Crippen molar-refractivity contribution in [3.05, 3.63) is 18.0 Å². The quantitative estimate of drug-likeness (QED) is 0.604. The Morgan fingerprint density at radius 2 is 2.09 bits per heavy atom. The maximum absolute atomic E-state index is 4.19. The van der Waals surface area contributed by atoms with Crippen LogP contribution < -0.4 is 0 Å². The summed E-state index contributed by atoms with van der Waals surface area (Å²) >= 11 is 0. The van der Waals surface area contributed by atoms with E-state index >= 15 is 0 Å². The molecule has 62 valence electrons. The average molecular weight is 152 g/mol. The van der Waals surface area contributed by atoms with Crippen molar-refractivity contribution in [2.75, 3.05) is 0 Å². The van der Waals surface area contributed by atoms with E-state index in [0.29, 0.717) is 0 Å². The van der Waals surface area contributed by atoms with Crippen molar-refractivity contribution < 1.29 is 0 Å². The Balaban J connectivity index is 0.000000281. The third-order valence-electron chi connectivity index (χ3n) is 1.65. The van der Waals surface area contributed by atoms with Gasteiger partial charge in [-0.25, -0.2) is 0 Å². The van der Waals surface area contributed by atoms with E-state index in [1.807, 2.05) is 20.0 Å². The second-order valence-electron chi connectivity index (χ2n) is 2.73. The molecule has 1 aliphatic carbocycles. The van der Waals surface area contributed by atoms with Crippen molar-refractivity contribution in [1.29, 1.82) is 0 Å². The molecular weight excluding hydrogens is 136 g/mol. The molecule has 0 amide bonds. The van der Waals surface area contributed by atoms with Crippen LogP contribution in [0, 0.1) is 6.92 Å². The summed E-state index contributed by atoms with van der Waals surface area (Å²) in [6.07, 6.45) is 6.66. The first-order valence-corrected chi connectivity index (χ1v) is 4.37. The molecule has 0 unspecified atom stereocenters. The molecule has 1 aromatic heterocycles. The predicted octanol–water partition coefficient (Wildman–Crippen LogP) is 2.55. The second-order valence-corrected chi connectivity index (χ2v) is 2.73. The summed E-state index contributed by atoms with van der Waals surface area (Å²) in [5.41, 5.74) is 1.27. The molecule has 2 rings (SSSR count). The van der Waals surface area contributed by atoms with Crippen molar-refractivity contribution >= 4 is 0 Å². The van der Waals surface area contributed by atoms with Gasteiger partial charge in [-0.1, -0.05) is 13.8 Å². The summed E-state index contributed by atoms with van der Waals surface area (Å²) in [6, 6.07) is 0.735. The van der Waals surface area contributed by atoms with Gasteiger partial charge < -0.3 is 0 Å². The van der Waals surface area contributed by atoms with Crippen molar-refractivity contribution in [2.45, 2.75) is 39.7 Å². The van der Waals surface area contributed by atoms with E-state index in [0.717, 1.165) is 6.04 Å². The van der Waals surface area contributed by atoms with Gasteiger partial charge in [0.2, 0.25) is 0 Å². The van der Waals surface area contributed by atoms with Crippen molar-refractivity contribution in [2.24, 2.45) is 0 Å². The minimum absolute atomic E-state index is 0.735. The van der Waals surface area contributed by atoms with Crippen LogP contribution in [-0.2, 0) is 0 Å². The normalized spacial score (nSPS) is 15.5. The molecule has 2 nitrogen and oxygen atoms in total. The van der Waals surface area contributed by atoms with Gasteiger partial charge in [-0.15, -0.1) is 0 Å². The third kappa shape index (κ3) is 2.07. The summed E-state index contributed by atoms with van der Waals surface area (Å²) in [5, 5.41) is 4.19. The lowest BCUT2D eigenvalue weighted by Crippen LogP contribution is -1.91. The van der Waals surface area contributed by atoms with E-state index in [-0.39, 0.29) is 0 Å². The minimum atomic E-state index is 0.735. The first-order valence-electron chi connectivity index (χ1n) is 4.37. The van der Waals surface area contributed by atoms with E-state index in [4.69, 9.17) is 0 Å². The number of hydrogen-bond donors (Lipinski definition) is 0. The van der Waals surface area contributed by atoms with Crippen molar-refractivity contribution in [1.82, 2.24) is 9.78 Å². The van der Waals surface area contributed by atoms with Gasteiger partial charge in [0.1, 0.15) is 0 Å². The maximum atomic E-state index is 4.19. The first kappa shape index (κ1) is 8.31. The topological polar surface area (TPSA) is 17.8 Å². The highest BCUT2D eigenvalue weighted by Crippen LogP contribution is 2.33. The number of rotatable bonds is 1. The van der Waals surface area contributed by atoms with E-state index in [2.05, 4.69) is 22.9 Å². The van der Waals surface area contributed by atoms with Crippen LogP contribution in [0.25, 0.3) is 0 Å². The molecule has 0 N–H and O–H groups in total. The van der Waals surface area contributed by atoms with E-state index in [9.17, 15) is 0 Å². The summed E-state index contributed by atoms with van der Waals surface area (Å²) in [5.74, 6) is 0. The van der Waals surface area contributed by atoms with Crippen LogP contribution in [0.5, 0.6) is 0 Å². The zero-order valence-corrected chi connectivity index (χ0v) is 7.54. The van der Waals surface area contributed by atoms with Gasteiger partial charge in [0.15, 0.2) is 0 Å². The van der Waals surface area contributed by atoms with Crippen LogP contribution in [0.15, 0.2) is 12.4 Å². The summed E-state index contributed by atoms with van der Waals surface area (Å²) < 4.78 is 2.06. The van der Waals surface area contributed by atoms with Crippen LogP contribution in [0.1, 0.15) is 38.3 Å². The summed E-state index contributed by atoms with van der Waals surface area (Å²) in [6.45, 7) is 6.08. The molecule has 0 spiro atoms. The molecule has 0 aromatic carbocycles. The molecule has 1 aromatic rings. The molecule has 1 saturated carbocycles. The molecule has 1 aliphatic rings. The Bertz CT molecular complexity index is 211. The van der Waals surface area contributed by atoms with E-state index < -0.39 is 0 Å². The fourth-order valence-electron chi connectivity index (χ4n) is 0.972. The largest absolute Gasteiger partial charge is 0.269 e. The Hall–Kier alpha value is -0.790.